The summed E-state index contributed by atoms with van der Waals surface area (Å²) in [6.07, 6.45) is 0. The third-order valence-corrected chi connectivity index (χ3v) is 19.6. The molecule has 11 aromatic carbocycles. The molecule has 0 bridgehead atoms. The highest BCUT2D eigenvalue weighted by Crippen LogP contribution is 2.43. The van der Waals surface area contributed by atoms with Crippen molar-refractivity contribution < 1.29 is 0 Å². The quantitative estimate of drug-likeness (QED) is 0.107. The van der Waals surface area contributed by atoms with Crippen LogP contribution in [-0.4, -0.2) is 21.8 Å². The Morgan fingerprint density at radius 2 is 0.629 bits per heavy atom. The zero-order valence-corrected chi connectivity index (χ0v) is 39.3. The van der Waals surface area contributed by atoms with Gasteiger partial charge in [0.05, 0.1) is 44.5 Å². The second kappa shape index (κ2) is 16.1. The molecule has 328 valence electrons. The number of rotatable bonds is 8. The predicted octanol–water partition coefficient (Wildman–Crippen LogP) is 14.0. The summed E-state index contributed by atoms with van der Waals surface area (Å²) in [4.78, 5) is 0. The number of aromatic nitrogens is 3. The van der Waals surface area contributed by atoms with Crippen molar-refractivity contribution in [3.63, 3.8) is 0 Å². The van der Waals surface area contributed by atoms with E-state index in [0.29, 0.717) is 0 Å². The Hall–Kier alpha value is -8.96. The number of nitrogens with zero attached hydrogens (tertiary/aromatic N) is 3. The highest BCUT2D eigenvalue weighted by Gasteiger charge is 2.43. The largest absolute Gasteiger partial charge is 0.309 e. The summed E-state index contributed by atoms with van der Waals surface area (Å²) < 4.78 is 7.61. The van der Waals surface area contributed by atoms with E-state index in [9.17, 15) is 0 Å². The first-order valence-electron chi connectivity index (χ1n) is 24.2. The maximum absolute atomic E-state index is 3.10. The molecule has 0 N–H and O–H groups in total. The zero-order chi connectivity index (χ0) is 46.2. The second-order valence-corrected chi connectivity index (χ2v) is 22.1. The molecule has 0 saturated heterocycles. The number of fused-ring (bicyclic) bond motifs is 9. The van der Waals surface area contributed by atoms with Gasteiger partial charge in [0.15, 0.2) is 8.07 Å². The second-order valence-electron chi connectivity index (χ2n) is 18.4. The molecule has 70 heavy (non-hydrogen) atoms. The van der Waals surface area contributed by atoms with Crippen LogP contribution in [0.2, 0.25) is 0 Å². The summed E-state index contributed by atoms with van der Waals surface area (Å²) in [6, 6.07) is 101. The third-order valence-electron chi connectivity index (χ3n) is 14.8. The van der Waals surface area contributed by atoms with Crippen LogP contribution in [0.1, 0.15) is 0 Å². The van der Waals surface area contributed by atoms with Crippen molar-refractivity contribution in [1.82, 2.24) is 13.7 Å². The van der Waals surface area contributed by atoms with Crippen LogP contribution in [0.5, 0.6) is 0 Å². The van der Waals surface area contributed by atoms with Crippen molar-refractivity contribution in [2.75, 3.05) is 0 Å². The van der Waals surface area contributed by atoms with E-state index in [1.807, 2.05) is 0 Å². The molecule has 0 unspecified atom stereocenters. The summed E-state index contributed by atoms with van der Waals surface area (Å²) in [5.41, 5.74) is 13.0. The molecule has 0 amide bonds. The molecule has 3 aromatic heterocycles. The van der Waals surface area contributed by atoms with Crippen LogP contribution in [0.25, 0.3) is 93.6 Å². The topological polar surface area (TPSA) is 14.8 Å². The van der Waals surface area contributed by atoms with E-state index >= 15 is 0 Å². The van der Waals surface area contributed by atoms with E-state index in [-0.39, 0.29) is 0 Å². The SMILES string of the molecule is c1ccc(-c2ccc(-n3c4ccccc4c4c(-n5c6cccc(-n7c8ccccc8c8ccccc87)c6c6cccc([Si](c7ccccc7)(c7ccccc7)c7ccccc7)c65)cccc43)cc2)cc1. The number of hydrogen-bond acceptors (Lipinski definition) is 0. The van der Waals surface area contributed by atoms with Gasteiger partial charge in [0, 0.05) is 38.0 Å². The van der Waals surface area contributed by atoms with E-state index in [1.54, 1.807) is 0 Å². The van der Waals surface area contributed by atoms with E-state index in [4.69, 9.17) is 0 Å². The molecule has 0 aliphatic heterocycles. The third kappa shape index (κ3) is 5.87. The Bertz CT molecular complexity index is 4110. The van der Waals surface area contributed by atoms with Gasteiger partial charge in [-0.3, -0.25) is 0 Å². The van der Waals surface area contributed by atoms with Gasteiger partial charge in [0.1, 0.15) is 0 Å². The van der Waals surface area contributed by atoms with Gasteiger partial charge in [-0.1, -0.05) is 218 Å². The minimum absolute atomic E-state index is 1.13. The van der Waals surface area contributed by atoms with E-state index in [1.165, 1.54) is 86.3 Å². The van der Waals surface area contributed by atoms with E-state index < -0.39 is 8.07 Å². The first-order chi connectivity index (χ1) is 34.8. The number of para-hydroxylation sites is 4. The smallest absolute Gasteiger partial charge is 0.181 e. The fourth-order valence-electron chi connectivity index (χ4n) is 11.9. The molecule has 0 aliphatic rings. The highest BCUT2D eigenvalue weighted by molar-refractivity contribution is 7.20. The minimum atomic E-state index is -3.10. The minimum Gasteiger partial charge on any atom is -0.309 e. The van der Waals surface area contributed by atoms with Crippen molar-refractivity contribution in [1.29, 1.82) is 0 Å². The monoisotopic (exact) mass is 907 g/mol. The Balaban J connectivity index is 1.16. The number of hydrogen-bond donors (Lipinski definition) is 0. The van der Waals surface area contributed by atoms with Gasteiger partial charge in [0.25, 0.3) is 0 Å². The first kappa shape index (κ1) is 40.1. The Morgan fingerprint density at radius 3 is 1.19 bits per heavy atom. The van der Waals surface area contributed by atoms with Gasteiger partial charge >= 0.3 is 0 Å². The maximum atomic E-state index is 2.64. The van der Waals surface area contributed by atoms with Crippen LogP contribution >= 0.6 is 0 Å². The zero-order valence-electron chi connectivity index (χ0n) is 38.3. The molecule has 0 atom stereocenters. The lowest BCUT2D eigenvalue weighted by atomic mass is 10.1. The highest BCUT2D eigenvalue weighted by atomic mass is 28.3. The molecule has 3 heterocycles. The first-order valence-corrected chi connectivity index (χ1v) is 26.2. The van der Waals surface area contributed by atoms with Crippen LogP contribution in [0.3, 0.4) is 0 Å². The lowest BCUT2D eigenvalue weighted by Gasteiger charge is -2.35. The molecule has 4 heteroatoms. The predicted molar refractivity (Wildman–Crippen MR) is 299 cm³/mol. The summed E-state index contributed by atoms with van der Waals surface area (Å²) in [7, 11) is -3.10. The van der Waals surface area contributed by atoms with E-state index in [2.05, 4.69) is 287 Å². The summed E-state index contributed by atoms with van der Waals surface area (Å²) >= 11 is 0. The van der Waals surface area contributed by atoms with Gasteiger partial charge in [-0.15, -0.1) is 0 Å². The Labute approximate surface area is 407 Å². The standard InChI is InChI=1S/C66H45N3Si/c1-5-22-46(23-6-1)47-42-44-48(45-43-47)67-58-36-18-15-32-54(58)64-59(67)37-20-39-61(64)69-62-40-21-38-60(68-56-34-16-13-30-52(56)53-31-14-17-35-57(53)68)65(62)55-33-19-41-63(66(55)69)70(49-24-7-2-8-25-49,50-26-9-3-10-27-50)51-28-11-4-12-29-51/h1-45H. The Morgan fingerprint density at radius 1 is 0.243 bits per heavy atom. The van der Waals surface area contributed by atoms with Crippen molar-refractivity contribution in [3.05, 3.63) is 273 Å². The van der Waals surface area contributed by atoms with Crippen LogP contribution < -0.4 is 20.7 Å². The van der Waals surface area contributed by atoms with E-state index in [0.717, 1.165) is 28.1 Å². The average molecular weight is 908 g/mol. The molecule has 14 aromatic rings. The molecule has 0 spiro atoms. The van der Waals surface area contributed by atoms with Crippen molar-refractivity contribution in [3.8, 4) is 28.2 Å². The molecule has 14 rings (SSSR count). The maximum Gasteiger partial charge on any atom is 0.181 e. The van der Waals surface area contributed by atoms with Crippen LogP contribution in [-0.2, 0) is 0 Å². The molecule has 0 aliphatic carbocycles. The van der Waals surface area contributed by atoms with Gasteiger partial charge in [-0.2, -0.15) is 0 Å². The average Bonchev–Trinajstić information content (AvgIpc) is 4.09. The lowest BCUT2D eigenvalue weighted by molar-refractivity contribution is 1.17. The van der Waals surface area contributed by atoms with Crippen molar-refractivity contribution in [2.24, 2.45) is 0 Å². The molecule has 0 radical (unpaired) electrons. The molecular weight excluding hydrogens is 863 g/mol. The van der Waals surface area contributed by atoms with Crippen molar-refractivity contribution in [2.45, 2.75) is 0 Å². The van der Waals surface area contributed by atoms with Gasteiger partial charge in [-0.25, -0.2) is 0 Å². The van der Waals surface area contributed by atoms with Gasteiger partial charge < -0.3 is 13.7 Å². The molecule has 0 fully saturated rings. The van der Waals surface area contributed by atoms with Crippen molar-refractivity contribution >= 4 is 94.2 Å². The van der Waals surface area contributed by atoms with Crippen LogP contribution in [0, 0.1) is 0 Å². The van der Waals surface area contributed by atoms with Gasteiger partial charge in [0.2, 0.25) is 0 Å². The Kier molecular flexibility index (Phi) is 9.23. The molecular formula is C66H45N3Si. The molecule has 0 saturated carbocycles. The normalized spacial score (nSPS) is 12.0. The number of benzene rings is 11. The fourth-order valence-corrected chi connectivity index (χ4v) is 16.9. The fraction of sp³-hybridized carbons (Fsp3) is 0. The van der Waals surface area contributed by atoms with Crippen LogP contribution in [0.4, 0.5) is 0 Å². The lowest BCUT2D eigenvalue weighted by Crippen LogP contribution is -2.75. The summed E-state index contributed by atoms with van der Waals surface area (Å²) in [6.45, 7) is 0. The van der Waals surface area contributed by atoms with Crippen LogP contribution in [0.15, 0.2) is 273 Å². The summed E-state index contributed by atoms with van der Waals surface area (Å²) in [5, 5.41) is 12.7. The summed E-state index contributed by atoms with van der Waals surface area (Å²) in [5.74, 6) is 0. The molecule has 3 nitrogen and oxygen atoms in total. The van der Waals surface area contributed by atoms with Gasteiger partial charge in [-0.05, 0) is 86.5 Å².